The van der Waals surface area contributed by atoms with Crippen LogP contribution in [0.5, 0.6) is 0 Å². The van der Waals surface area contributed by atoms with Crippen molar-refractivity contribution in [1.29, 1.82) is 0 Å². The molecule has 1 rings (SSSR count). The first kappa shape index (κ1) is 7.88. The van der Waals surface area contributed by atoms with Gasteiger partial charge in [0.1, 0.15) is 4.99 Å². The van der Waals surface area contributed by atoms with Gasteiger partial charge in [0.05, 0.1) is 6.04 Å². The molecule has 0 aliphatic carbocycles. The lowest BCUT2D eigenvalue weighted by atomic mass is 10.1. The Bertz CT molecular complexity index is 177. The van der Waals surface area contributed by atoms with Gasteiger partial charge >= 0.3 is 0 Å². The first-order chi connectivity index (χ1) is 4.61. The second-order valence-corrected chi connectivity index (χ2v) is 3.53. The monoisotopic (exact) mass is 174 g/mol. The molecule has 1 heterocycles. The molecule has 56 valence electrons. The summed E-state index contributed by atoms with van der Waals surface area (Å²) in [6, 6.07) is 0.238. The number of thiocarbonyl (C=S) groups is 2. The Kier molecular flexibility index (Phi) is 2.21. The fourth-order valence-corrected chi connectivity index (χ4v) is 1.64. The van der Waals surface area contributed by atoms with E-state index in [9.17, 15) is 0 Å². The summed E-state index contributed by atoms with van der Waals surface area (Å²) in [6.45, 7) is 4.22. The molecule has 1 fully saturated rings. The number of hydrogen-bond donors (Lipinski definition) is 2. The predicted octanol–water partition coefficient (Wildman–Crippen LogP) is 0.816. The highest BCUT2D eigenvalue weighted by molar-refractivity contribution is 7.82. The van der Waals surface area contributed by atoms with Crippen LogP contribution in [0.4, 0.5) is 0 Å². The molecule has 0 aromatic rings. The van der Waals surface area contributed by atoms with Crippen molar-refractivity contribution in [3.05, 3.63) is 0 Å². The molecule has 2 N–H and O–H groups in total. The Morgan fingerprint density at radius 1 is 1.40 bits per heavy atom. The van der Waals surface area contributed by atoms with E-state index >= 15 is 0 Å². The average molecular weight is 174 g/mol. The van der Waals surface area contributed by atoms with Crippen molar-refractivity contribution in [2.45, 2.75) is 19.9 Å². The molecule has 10 heavy (non-hydrogen) atoms. The van der Waals surface area contributed by atoms with Gasteiger partial charge in [-0.2, -0.15) is 0 Å². The number of rotatable bonds is 1. The summed E-state index contributed by atoms with van der Waals surface area (Å²) in [6.07, 6.45) is 0. The molecule has 0 aromatic heterocycles. The quantitative estimate of drug-likeness (QED) is 0.575. The lowest BCUT2D eigenvalue weighted by molar-refractivity contribution is 0.569. The third-order valence-corrected chi connectivity index (χ3v) is 2.05. The average Bonchev–Trinajstić information content (AvgIpc) is 2.10. The molecule has 1 aliphatic rings. The van der Waals surface area contributed by atoms with Gasteiger partial charge < -0.3 is 10.6 Å². The van der Waals surface area contributed by atoms with Gasteiger partial charge in [-0.25, -0.2) is 0 Å². The van der Waals surface area contributed by atoms with Gasteiger partial charge in [0.25, 0.3) is 0 Å². The molecule has 0 spiro atoms. The van der Waals surface area contributed by atoms with Crippen LogP contribution >= 0.6 is 24.4 Å². The normalized spacial score (nSPS) is 24.9. The first-order valence-electron chi connectivity index (χ1n) is 3.22. The molecule has 0 aromatic carbocycles. The van der Waals surface area contributed by atoms with Crippen LogP contribution in [0.1, 0.15) is 13.8 Å². The van der Waals surface area contributed by atoms with Crippen LogP contribution in [0.3, 0.4) is 0 Å². The van der Waals surface area contributed by atoms with Crippen LogP contribution in [0.2, 0.25) is 0 Å². The molecule has 1 atom stereocenters. The van der Waals surface area contributed by atoms with Gasteiger partial charge in [-0.3, -0.25) is 0 Å². The minimum atomic E-state index is 0.238. The van der Waals surface area contributed by atoms with Gasteiger partial charge in [0, 0.05) is 0 Å². The van der Waals surface area contributed by atoms with E-state index in [1.54, 1.807) is 0 Å². The Morgan fingerprint density at radius 3 is 2.20 bits per heavy atom. The van der Waals surface area contributed by atoms with Crippen molar-refractivity contribution in [2.24, 2.45) is 5.92 Å². The first-order valence-corrected chi connectivity index (χ1v) is 4.04. The minimum Gasteiger partial charge on any atom is -0.353 e. The van der Waals surface area contributed by atoms with E-state index in [2.05, 4.69) is 24.5 Å². The lowest BCUT2D eigenvalue weighted by Gasteiger charge is -2.12. The van der Waals surface area contributed by atoms with Crippen molar-refractivity contribution in [3.63, 3.8) is 0 Å². The van der Waals surface area contributed by atoms with Crippen LogP contribution in [0.25, 0.3) is 0 Å². The molecule has 0 radical (unpaired) electrons. The third kappa shape index (κ3) is 1.44. The standard InChI is InChI=1S/C6H10N2S2/c1-3(2)4-5(9)8-6(10)7-4/h3-4H,1-2H3,(H2,7,8,9,10). The predicted molar refractivity (Wildman–Crippen MR) is 50.1 cm³/mol. The summed E-state index contributed by atoms with van der Waals surface area (Å²) in [5, 5.41) is 6.64. The zero-order chi connectivity index (χ0) is 7.72. The van der Waals surface area contributed by atoms with Gasteiger partial charge in [-0.15, -0.1) is 0 Å². The summed E-state index contributed by atoms with van der Waals surface area (Å²) in [7, 11) is 0. The molecule has 0 bridgehead atoms. The highest BCUT2D eigenvalue weighted by Crippen LogP contribution is 2.06. The topological polar surface area (TPSA) is 24.1 Å². The van der Waals surface area contributed by atoms with Crippen LogP contribution in [-0.4, -0.2) is 16.1 Å². The van der Waals surface area contributed by atoms with E-state index in [0.29, 0.717) is 11.0 Å². The van der Waals surface area contributed by atoms with Crippen molar-refractivity contribution in [1.82, 2.24) is 10.6 Å². The molecule has 1 saturated heterocycles. The summed E-state index contributed by atoms with van der Waals surface area (Å²) in [5.41, 5.74) is 0. The van der Waals surface area contributed by atoms with Gasteiger partial charge in [0.2, 0.25) is 0 Å². The molecule has 4 heteroatoms. The summed E-state index contributed by atoms with van der Waals surface area (Å²) < 4.78 is 0. The van der Waals surface area contributed by atoms with Gasteiger partial charge in [0.15, 0.2) is 5.11 Å². The van der Waals surface area contributed by atoms with E-state index in [4.69, 9.17) is 24.4 Å². The van der Waals surface area contributed by atoms with E-state index in [1.165, 1.54) is 0 Å². The van der Waals surface area contributed by atoms with E-state index < -0.39 is 0 Å². The summed E-state index contributed by atoms with van der Waals surface area (Å²) in [4.78, 5) is 0.819. The lowest BCUT2D eigenvalue weighted by Crippen LogP contribution is -2.32. The fraction of sp³-hybridized carbons (Fsp3) is 0.667. The van der Waals surface area contributed by atoms with Crippen molar-refractivity contribution in [2.75, 3.05) is 0 Å². The Hall–Kier alpha value is -0.220. The fourth-order valence-electron chi connectivity index (χ4n) is 0.902. The van der Waals surface area contributed by atoms with Crippen molar-refractivity contribution in [3.8, 4) is 0 Å². The number of nitrogens with one attached hydrogen (secondary N) is 2. The minimum absolute atomic E-state index is 0.238. The largest absolute Gasteiger partial charge is 0.353 e. The highest BCUT2D eigenvalue weighted by atomic mass is 32.1. The zero-order valence-corrected chi connectivity index (χ0v) is 7.60. The van der Waals surface area contributed by atoms with E-state index in [-0.39, 0.29) is 6.04 Å². The van der Waals surface area contributed by atoms with E-state index in [1.807, 2.05) is 0 Å². The molecular formula is C6H10N2S2. The number of hydrogen-bond acceptors (Lipinski definition) is 2. The second-order valence-electron chi connectivity index (χ2n) is 2.68. The van der Waals surface area contributed by atoms with Crippen LogP contribution in [-0.2, 0) is 0 Å². The third-order valence-electron chi connectivity index (χ3n) is 1.47. The highest BCUT2D eigenvalue weighted by Gasteiger charge is 2.25. The van der Waals surface area contributed by atoms with Crippen LogP contribution < -0.4 is 10.6 Å². The van der Waals surface area contributed by atoms with Crippen LogP contribution in [0, 0.1) is 5.92 Å². The Morgan fingerprint density at radius 2 is 2.00 bits per heavy atom. The Labute approximate surface area is 71.4 Å². The smallest absolute Gasteiger partial charge is 0.171 e. The van der Waals surface area contributed by atoms with E-state index in [0.717, 1.165) is 4.99 Å². The maximum atomic E-state index is 5.03. The Balaban J connectivity index is 2.63. The maximum Gasteiger partial charge on any atom is 0.171 e. The maximum absolute atomic E-state index is 5.03. The van der Waals surface area contributed by atoms with Gasteiger partial charge in [-0.05, 0) is 18.1 Å². The molecule has 1 aliphatic heterocycles. The molecule has 2 nitrogen and oxygen atoms in total. The molecule has 0 saturated carbocycles. The molecule has 1 unspecified atom stereocenters. The SMILES string of the molecule is CC(C)C1NC(=S)NC1=S. The summed E-state index contributed by atoms with van der Waals surface area (Å²) in [5.74, 6) is 0.500. The van der Waals surface area contributed by atoms with Crippen molar-refractivity contribution < 1.29 is 0 Å². The second kappa shape index (κ2) is 2.80. The molecule has 0 amide bonds. The zero-order valence-electron chi connectivity index (χ0n) is 5.97. The van der Waals surface area contributed by atoms with Crippen molar-refractivity contribution >= 4 is 34.5 Å². The van der Waals surface area contributed by atoms with Crippen LogP contribution in [0.15, 0.2) is 0 Å². The summed E-state index contributed by atoms with van der Waals surface area (Å²) >= 11 is 9.92. The van der Waals surface area contributed by atoms with Gasteiger partial charge in [-0.1, -0.05) is 26.1 Å². The molecular weight excluding hydrogens is 164 g/mol.